The number of nitrogens with one attached hydrogen (secondary N) is 1. The third-order valence-electron chi connectivity index (χ3n) is 2.90. The second-order valence-corrected chi connectivity index (χ2v) is 5.35. The van der Waals surface area contributed by atoms with Gasteiger partial charge in [-0.15, -0.1) is 0 Å². The van der Waals surface area contributed by atoms with Crippen LogP contribution in [0, 0.1) is 5.92 Å². The molecule has 2 N–H and O–H groups in total. The van der Waals surface area contributed by atoms with Crippen molar-refractivity contribution in [1.29, 1.82) is 0 Å². The molecule has 0 radical (unpaired) electrons. The molecule has 116 valence electrons. The summed E-state index contributed by atoms with van der Waals surface area (Å²) in [6.07, 6.45) is 1.24. The minimum absolute atomic E-state index is 0.216. The van der Waals surface area contributed by atoms with Crippen LogP contribution in [0.25, 0.3) is 0 Å². The van der Waals surface area contributed by atoms with Crippen molar-refractivity contribution in [2.75, 3.05) is 6.61 Å². The Hall–Kier alpha value is -2.04. The molecule has 0 aliphatic carbocycles. The largest absolute Gasteiger partial charge is 0.494 e. The van der Waals surface area contributed by atoms with Crippen LogP contribution in [0.5, 0.6) is 5.75 Å². The number of para-hydroxylation sites is 1. The van der Waals surface area contributed by atoms with E-state index in [2.05, 4.69) is 5.32 Å². The van der Waals surface area contributed by atoms with E-state index < -0.39 is 12.0 Å². The fraction of sp³-hybridized carbons (Fsp3) is 0.500. The summed E-state index contributed by atoms with van der Waals surface area (Å²) in [5.74, 6) is -0.258. The van der Waals surface area contributed by atoms with Gasteiger partial charge in [-0.3, -0.25) is 4.79 Å². The van der Waals surface area contributed by atoms with E-state index >= 15 is 0 Å². The Morgan fingerprint density at radius 1 is 1.24 bits per heavy atom. The molecule has 0 fully saturated rings. The highest BCUT2D eigenvalue weighted by molar-refractivity contribution is 5.83. The first-order chi connectivity index (χ1) is 9.99. The van der Waals surface area contributed by atoms with E-state index in [1.807, 2.05) is 44.2 Å². The Morgan fingerprint density at radius 2 is 1.90 bits per heavy atom. The quantitative estimate of drug-likeness (QED) is 0.686. The van der Waals surface area contributed by atoms with E-state index in [0.717, 1.165) is 5.75 Å². The topological polar surface area (TPSA) is 75.6 Å². The summed E-state index contributed by atoms with van der Waals surface area (Å²) in [5.41, 5.74) is 0. The van der Waals surface area contributed by atoms with Gasteiger partial charge in [-0.05, 0) is 30.9 Å². The zero-order chi connectivity index (χ0) is 15.7. The number of carbonyl (C=O) groups excluding carboxylic acids is 1. The van der Waals surface area contributed by atoms with Crippen LogP contribution in [-0.4, -0.2) is 29.6 Å². The van der Waals surface area contributed by atoms with Gasteiger partial charge >= 0.3 is 5.97 Å². The van der Waals surface area contributed by atoms with Crippen molar-refractivity contribution in [2.45, 2.75) is 39.2 Å². The average Bonchev–Trinajstić information content (AvgIpc) is 2.43. The van der Waals surface area contributed by atoms with Gasteiger partial charge in [-0.25, -0.2) is 4.79 Å². The summed E-state index contributed by atoms with van der Waals surface area (Å²) in [6, 6.07) is 8.55. The standard InChI is InChI=1S/C16H23NO4/c1-12(2)11-14(16(19)20)17-15(18)9-6-10-21-13-7-4-3-5-8-13/h3-5,7-8,12,14H,6,9-11H2,1-2H3,(H,17,18)(H,19,20). The molecular weight excluding hydrogens is 270 g/mol. The molecule has 0 aliphatic rings. The third kappa shape index (κ3) is 7.34. The van der Waals surface area contributed by atoms with Gasteiger partial charge in [-0.2, -0.15) is 0 Å². The van der Waals surface area contributed by atoms with Crippen LogP contribution in [0.1, 0.15) is 33.1 Å². The normalized spacial score (nSPS) is 12.0. The molecule has 21 heavy (non-hydrogen) atoms. The number of hydrogen-bond donors (Lipinski definition) is 2. The minimum Gasteiger partial charge on any atom is -0.494 e. The van der Waals surface area contributed by atoms with Gasteiger partial charge in [0.2, 0.25) is 5.91 Å². The molecular formula is C16H23NO4. The van der Waals surface area contributed by atoms with E-state index in [1.165, 1.54) is 0 Å². The Balaban J connectivity index is 2.25. The van der Waals surface area contributed by atoms with Crippen LogP contribution in [-0.2, 0) is 9.59 Å². The third-order valence-corrected chi connectivity index (χ3v) is 2.90. The van der Waals surface area contributed by atoms with Crippen molar-refractivity contribution in [3.05, 3.63) is 30.3 Å². The summed E-state index contributed by atoms with van der Waals surface area (Å²) in [6.45, 7) is 4.28. The highest BCUT2D eigenvalue weighted by atomic mass is 16.5. The van der Waals surface area contributed by atoms with Crippen LogP contribution in [0.3, 0.4) is 0 Å². The molecule has 1 unspecified atom stereocenters. The number of amides is 1. The maximum absolute atomic E-state index is 11.7. The fourth-order valence-corrected chi connectivity index (χ4v) is 1.90. The molecule has 1 aromatic carbocycles. The van der Waals surface area contributed by atoms with Crippen molar-refractivity contribution in [1.82, 2.24) is 5.32 Å². The van der Waals surface area contributed by atoms with Gasteiger partial charge in [0.1, 0.15) is 11.8 Å². The summed E-state index contributed by atoms with van der Waals surface area (Å²) < 4.78 is 5.48. The summed E-state index contributed by atoms with van der Waals surface area (Å²) in [4.78, 5) is 22.8. The molecule has 0 saturated heterocycles. The molecule has 5 heteroatoms. The van der Waals surface area contributed by atoms with Crippen LogP contribution >= 0.6 is 0 Å². The second kappa shape index (κ2) is 9.00. The molecule has 0 saturated carbocycles. The van der Waals surface area contributed by atoms with Crippen LogP contribution in [0.2, 0.25) is 0 Å². The lowest BCUT2D eigenvalue weighted by atomic mass is 10.0. The van der Waals surface area contributed by atoms with Crippen LogP contribution < -0.4 is 10.1 Å². The first kappa shape index (κ1) is 17.0. The van der Waals surface area contributed by atoms with Gasteiger partial charge in [0.25, 0.3) is 0 Å². The van der Waals surface area contributed by atoms with E-state index in [9.17, 15) is 9.59 Å². The Bertz CT molecular complexity index is 445. The lowest BCUT2D eigenvalue weighted by Gasteiger charge is -2.16. The van der Waals surface area contributed by atoms with E-state index in [-0.39, 0.29) is 18.2 Å². The van der Waals surface area contributed by atoms with Gasteiger partial charge in [0.15, 0.2) is 0 Å². The zero-order valence-corrected chi connectivity index (χ0v) is 12.5. The number of carboxylic acids is 1. The number of benzene rings is 1. The predicted molar refractivity (Wildman–Crippen MR) is 80.2 cm³/mol. The molecule has 5 nitrogen and oxygen atoms in total. The summed E-state index contributed by atoms with van der Waals surface area (Å²) in [7, 11) is 0. The molecule has 0 spiro atoms. The number of carboxylic acid groups (broad SMARTS) is 1. The highest BCUT2D eigenvalue weighted by Gasteiger charge is 2.20. The van der Waals surface area contributed by atoms with Gasteiger partial charge < -0.3 is 15.2 Å². The highest BCUT2D eigenvalue weighted by Crippen LogP contribution is 2.09. The molecule has 1 rings (SSSR count). The first-order valence-corrected chi connectivity index (χ1v) is 7.19. The van der Waals surface area contributed by atoms with Crippen molar-refractivity contribution in [3.8, 4) is 5.75 Å². The molecule has 0 aliphatic heterocycles. The molecule has 1 aromatic rings. The first-order valence-electron chi connectivity index (χ1n) is 7.19. The smallest absolute Gasteiger partial charge is 0.326 e. The van der Waals surface area contributed by atoms with Gasteiger partial charge in [0, 0.05) is 6.42 Å². The SMILES string of the molecule is CC(C)CC(NC(=O)CCCOc1ccccc1)C(=O)O. The lowest BCUT2D eigenvalue weighted by molar-refractivity contribution is -0.142. The lowest BCUT2D eigenvalue weighted by Crippen LogP contribution is -2.41. The predicted octanol–water partition coefficient (Wildman–Crippen LogP) is 2.46. The summed E-state index contributed by atoms with van der Waals surface area (Å²) in [5, 5.41) is 11.6. The number of ether oxygens (including phenoxy) is 1. The van der Waals surface area contributed by atoms with Crippen molar-refractivity contribution in [2.24, 2.45) is 5.92 Å². The fourth-order valence-electron chi connectivity index (χ4n) is 1.90. The maximum Gasteiger partial charge on any atom is 0.326 e. The van der Waals surface area contributed by atoms with Crippen LogP contribution in [0.4, 0.5) is 0 Å². The van der Waals surface area contributed by atoms with Crippen LogP contribution in [0.15, 0.2) is 30.3 Å². The van der Waals surface area contributed by atoms with E-state index in [4.69, 9.17) is 9.84 Å². The molecule has 1 atom stereocenters. The Kier molecular flexibility index (Phi) is 7.29. The monoisotopic (exact) mass is 293 g/mol. The van der Waals surface area contributed by atoms with Gasteiger partial charge in [-0.1, -0.05) is 32.0 Å². The maximum atomic E-state index is 11.7. The Morgan fingerprint density at radius 3 is 2.48 bits per heavy atom. The number of carbonyl (C=O) groups is 2. The molecule has 0 heterocycles. The number of hydrogen-bond acceptors (Lipinski definition) is 3. The second-order valence-electron chi connectivity index (χ2n) is 5.35. The number of aliphatic carboxylic acids is 1. The van der Waals surface area contributed by atoms with E-state index in [0.29, 0.717) is 19.4 Å². The molecule has 0 aromatic heterocycles. The van der Waals surface area contributed by atoms with Crippen molar-refractivity contribution in [3.63, 3.8) is 0 Å². The molecule has 0 bridgehead atoms. The Labute approximate surface area is 125 Å². The molecule has 1 amide bonds. The summed E-state index contributed by atoms with van der Waals surface area (Å²) >= 11 is 0. The van der Waals surface area contributed by atoms with Crippen molar-refractivity contribution >= 4 is 11.9 Å². The van der Waals surface area contributed by atoms with E-state index in [1.54, 1.807) is 0 Å². The number of rotatable bonds is 9. The zero-order valence-electron chi connectivity index (χ0n) is 12.5. The van der Waals surface area contributed by atoms with Gasteiger partial charge in [0.05, 0.1) is 6.61 Å². The average molecular weight is 293 g/mol. The van der Waals surface area contributed by atoms with Crippen molar-refractivity contribution < 1.29 is 19.4 Å². The minimum atomic E-state index is -0.988.